The quantitative estimate of drug-likeness (QED) is 0.883. The van der Waals surface area contributed by atoms with E-state index in [1.54, 1.807) is 0 Å². The van der Waals surface area contributed by atoms with Crippen molar-refractivity contribution in [2.75, 3.05) is 0 Å². The molecule has 0 fully saturated rings. The van der Waals surface area contributed by atoms with Crippen LogP contribution in [0.3, 0.4) is 0 Å². The van der Waals surface area contributed by atoms with E-state index in [0.717, 1.165) is 18.1 Å². The summed E-state index contributed by atoms with van der Waals surface area (Å²) in [4.78, 5) is 0. The first-order valence-corrected chi connectivity index (χ1v) is 6.35. The van der Waals surface area contributed by atoms with Crippen LogP contribution in [0.2, 0.25) is 0 Å². The molecule has 4 nitrogen and oxygen atoms in total. The summed E-state index contributed by atoms with van der Waals surface area (Å²) in [7, 11) is 0. The summed E-state index contributed by atoms with van der Waals surface area (Å²) in [6.45, 7) is 9.09. The molecule has 2 aromatic rings. The van der Waals surface area contributed by atoms with E-state index in [4.69, 9.17) is 4.42 Å². The highest BCUT2D eigenvalue weighted by Gasteiger charge is 2.14. The molecule has 0 saturated carbocycles. The van der Waals surface area contributed by atoms with Gasteiger partial charge >= 0.3 is 0 Å². The Labute approximate surface area is 108 Å². The molecule has 0 amide bonds. The standard InChI is InChI=1S/C14H21N3O/c1-10-7-16-17(9-10)13(4)12(3)15-8-14-6-5-11(2)18-14/h5-7,9,12-13,15H,8H2,1-4H3. The largest absolute Gasteiger partial charge is 0.465 e. The predicted octanol–water partition coefficient (Wildman–Crippen LogP) is 2.83. The van der Waals surface area contributed by atoms with Crippen LogP contribution in [-0.2, 0) is 6.54 Å². The van der Waals surface area contributed by atoms with Crippen LogP contribution in [0, 0.1) is 13.8 Å². The maximum absolute atomic E-state index is 5.54. The zero-order chi connectivity index (χ0) is 13.1. The maximum Gasteiger partial charge on any atom is 0.117 e. The molecule has 4 heteroatoms. The van der Waals surface area contributed by atoms with Crippen LogP contribution in [0.15, 0.2) is 28.9 Å². The lowest BCUT2D eigenvalue weighted by Gasteiger charge is -2.21. The maximum atomic E-state index is 5.54. The van der Waals surface area contributed by atoms with E-state index < -0.39 is 0 Å². The van der Waals surface area contributed by atoms with E-state index in [-0.39, 0.29) is 0 Å². The fourth-order valence-electron chi connectivity index (χ4n) is 1.90. The van der Waals surface area contributed by atoms with Crippen molar-refractivity contribution in [3.63, 3.8) is 0 Å². The van der Waals surface area contributed by atoms with Gasteiger partial charge in [0.05, 0.1) is 18.8 Å². The predicted molar refractivity (Wildman–Crippen MR) is 71.4 cm³/mol. The molecule has 0 aromatic carbocycles. The zero-order valence-corrected chi connectivity index (χ0v) is 11.5. The third-order valence-electron chi connectivity index (χ3n) is 3.27. The molecule has 2 rings (SSSR count). The van der Waals surface area contributed by atoms with Crippen molar-refractivity contribution in [2.45, 2.75) is 46.3 Å². The fraction of sp³-hybridized carbons (Fsp3) is 0.500. The Morgan fingerprint density at radius 3 is 2.67 bits per heavy atom. The minimum atomic E-state index is 0.315. The van der Waals surface area contributed by atoms with Crippen molar-refractivity contribution in [2.24, 2.45) is 0 Å². The second kappa shape index (κ2) is 5.40. The van der Waals surface area contributed by atoms with Crippen LogP contribution >= 0.6 is 0 Å². The van der Waals surface area contributed by atoms with Gasteiger partial charge in [-0.25, -0.2) is 0 Å². The van der Waals surface area contributed by atoms with E-state index in [1.807, 2.05) is 29.9 Å². The number of aromatic nitrogens is 2. The summed E-state index contributed by atoms with van der Waals surface area (Å²) in [5.74, 6) is 1.93. The van der Waals surface area contributed by atoms with Gasteiger partial charge < -0.3 is 9.73 Å². The monoisotopic (exact) mass is 247 g/mol. The lowest BCUT2D eigenvalue weighted by atomic mass is 10.1. The van der Waals surface area contributed by atoms with Gasteiger partial charge in [-0.3, -0.25) is 4.68 Å². The Hall–Kier alpha value is -1.55. The Morgan fingerprint density at radius 2 is 2.11 bits per heavy atom. The minimum absolute atomic E-state index is 0.315. The molecular weight excluding hydrogens is 226 g/mol. The molecule has 0 aliphatic heterocycles. The number of furan rings is 1. The number of aryl methyl sites for hydroxylation is 2. The number of nitrogens with zero attached hydrogens (tertiary/aromatic N) is 2. The van der Waals surface area contributed by atoms with Crippen molar-refractivity contribution in [1.29, 1.82) is 0 Å². The molecule has 0 saturated heterocycles. The van der Waals surface area contributed by atoms with Gasteiger partial charge in [0, 0.05) is 12.2 Å². The molecule has 18 heavy (non-hydrogen) atoms. The van der Waals surface area contributed by atoms with Crippen LogP contribution in [0.5, 0.6) is 0 Å². The average molecular weight is 247 g/mol. The highest BCUT2D eigenvalue weighted by molar-refractivity contribution is 5.05. The third-order valence-corrected chi connectivity index (χ3v) is 3.27. The minimum Gasteiger partial charge on any atom is -0.465 e. The van der Waals surface area contributed by atoms with Crippen LogP contribution in [0.25, 0.3) is 0 Å². The Morgan fingerprint density at radius 1 is 1.33 bits per heavy atom. The lowest BCUT2D eigenvalue weighted by Crippen LogP contribution is -2.33. The molecule has 2 atom stereocenters. The van der Waals surface area contributed by atoms with Crippen LogP contribution in [-0.4, -0.2) is 15.8 Å². The van der Waals surface area contributed by atoms with Gasteiger partial charge in [0.15, 0.2) is 0 Å². The molecule has 2 aromatic heterocycles. The Balaban J connectivity index is 1.89. The lowest BCUT2D eigenvalue weighted by molar-refractivity contribution is 0.349. The van der Waals surface area contributed by atoms with Gasteiger partial charge in [0.25, 0.3) is 0 Å². The highest BCUT2D eigenvalue weighted by atomic mass is 16.3. The third kappa shape index (κ3) is 3.01. The molecule has 98 valence electrons. The van der Waals surface area contributed by atoms with E-state index >= 15 is 0 Å². The SMILES string of the molecule is Cc1cnn(C(C)C(C)NCc2ccc(C)o2)c1. The normalized spacial score (nSPS) is 14.7. The second-order valence-electron chi connectivity index (χ2n) is 4.92. The number of nitrogens with one attached hydrogen (secondary N) is 1. The Bertz CT molecular complexity index is 501. The van der Waals surface area contributed by atoms with Gasteiger partial charge in [0.2, 0.25) is 0 Å². The fourth-order valence-corrected chi connectivity index (χ4v) is 1.90. The average Bonchev–Trinajstić information content (AvgIpc) is 2.94. The molecule has 0 aliphatic carbocycles. The molecule has 0 bridgehead atoms. The van der Waals surface area contributed by atoms with Crippen molar-refractivity contribution < 1.29 is 4.42 Å². The van der Waals surface area contributed by atoms with Crippen molar-refractivity contribution in [1.82, 2.24) is 15.1 Å². The summed E-state index contributed by atoms with van der Waals surface area (Å²) in [6, 6.07) is 4.64. The van der Waals surface area contributed by atoms with Crippen molar-refractivity contribution >= 4 is 0 Å². The van der Waals surface area contributed by atoms with Gasteiger partial charge in [-0.2, -0.15) is 5.10 Å². The molecule has 0 aliphatic rings. The molecule has 0 radical (unpaired) electrons. The first-order valence-electron chi connectivity index (χ1n) is 6.35. The molecule has 0 spiro atoms. The van der Waals surface area contributed by atoms with E-state index in [9.17, 15) is 0 Å². The van der Waals surface area contributed by atoms with Gasteiger partial charge in [0.1, 0.15) is 11.5 Å². The molecule has 1 N–H and O–H groups in total. The van der Waals surface area contributed by atoms with E-state index in [0.29, 0.717) is 12.1 Å². The second-order valence-corrected chi connectivity index (χ2v) is 4.92. The van der Waals surface area contributed by atoms with Crippen molar-refractivity contribution in [3.05, 3.63) is 41.6 Å². The highest BCUT2D eigenvalue weighted by Crippen LogP contribution is 2.12. The summed E-state index contributed by atoms with van der Waals surface area (Å²) < 4.78 is 7.54. The van der Waals surface area contributed by atoms with Gasteiger partial charge in [-0.1, -0.05) is 0 Å². The molecule has 2 unspecified atom stereocenters. The zero-order valence-electron chi connectivity index (χ0n) is 11.5. The molecule has 2 heterocycles. The summed E-state index contributed by atoms with van der Waals surface area (Å²) in [6.07, 6.45) is 3.96. The van der Waals surface area contributed by atoms with Crippen LogP contribution < -0.4 is 5.32 Å². The summed E-state index contributed by atoms with van der Waals surface area (Å²) >= 11 is 0. The number of rotatable bonds is 5. The number of hydrogen-bond acceptors (Lipinski definition) is 3. The van der Waals surface area contributed by atoms with Crippen molar-refractivity contribution in [3.8, 4) is 0 Å². The topological polar surface area (TPSA) is 43.0 Å². The van der Waals surface area contributed by atoms with Crippen LogP contribution in [0.4, 0.5) is 0 Å². The van der Waals surface area contributed by atoms with Crippen LogP contribution in [0.1, 0.15) is 37.0 Å². The van der Waals surface area contributed by atoms with Gasteiger partial charge in [-0.05, 0) is 45.4 Å². The van der Waals surface area contributed by atoms with E-state index in [1.165, 1.54) is 5.56 Å². The number of hydrogen-bond donors (Lipinski definition) is 1. The first-order chi connectivity index (χ1) is 8.56. The molecular formula is C14H21N3O. The smallest absolute Gasteiger partial charge is 0.117 e. The first kappa shape index (κ1) is 12.9. The summed E-state index contributed by atoms with van der Waals surface area (Å²) in [5, 5.41) is 7.81. The van der Waals surface area contributed by atoms with E-state index in [2.05, 4.69) is 37.4 Å². The van der Waals surface area contributed by atoms with Gasteiger partial charge in [-0.15, -0.1) is 0 Å². The summed E-state index contributed by atoms with van der Waals surface area (Å²) in [5.41, 5.74) is 1.19. The Kier molecular flexibility index (Phi) is 3.87.